The summed E-state index contributed by atoms with van der Waals surface area (Å²) in [7, 11) is 0. The number of carbonyl (C=O) groups is 1. The van der Waals surface area contributed by atoms with Crippen molar-refractivity contribution >= 4 is 5.78 Å². The van der Waals surface area contributed by atoms with Gasteiger partial charge in [0.2, 0.25) is 0 Å². The molecule has 15 heavy (non-hydrogen) atoms. The van der Waals surface area contributed by atoms with Gasteiger partial charge < -0.3 is 0 Å². The van der Waals surface area contributed by atoms with Gasteiger partial charge in [-0.3, -0.25) is 4.79 Å². The van der Waals surface area contributed by atoms with E-state index in [2.05, 4.69) is 5.10 Å². The zero-order chi connectivity index (χ0) is 10.8. The maximum atomic E-state index is 11.3. The topological polar surface area (TPSA) is 34.9 Å². The summed E-state index contributed by atoms with van der Waals surface area (Å²) in [6, 6.07) is 9.63. The van der Waals surface area contributed by atoms with Gasteiger partial charge in [0.25, 0.3) is 0 Å². The average molecular weight is 200 g/mol. The van der Waals surface area contributed by atoms with Gasteiger partial charge in [-0.05, 0) is 25.1 Å². The first-order valence-corrected chi connectivity index (χ1v) is 4.80. The normalized spacial score (nSPS) is 10.3. The molecular weight excluding hydrogens is 188 g/mol. The highest BCUT2D eigenvalue weighted by molar-refractivity contribution is 5.92. The highest BCUT2D eigenvalue weighted by Gasteiger charge is 2.08. The van der Waals surface area contributed by atoms with Crippen molar-refractivity contribution in [2.75, 3.05) is 0 Å². The fraction of sp³-hybridized carbons (Fsp3) is 0.167. The fourth-order valence-electron chi connectivity index (χ4n) is 1.46. The first kappa shape index (κ1) is 9.65. The van der Waals surface area contributed by atoms with Gasteiger partial charge in [-0.1, -0.05) is 17.7 Å². The molecule has 0 amide bonds. The molecule has 0 bridgehead atoms. The maximum absolute atomic E-state index is 11.3. The zero-order valence-electron chi connectivity index (χ0n) is 8.77. The van der Waals surface area contributed by atoms with Crippen molar-refractivity contribution in [1.29, 1.82) is 0 Å². The van der Waals surface area contributed by atoms with E-state index in [1.807, 2.05) is 31.2 Å². The van der Waals surface area contributed by atoms with E-state index in [4.69, 9.17) is 0 Å². The molecule has 2 rings (SSSR count). The Kier molecular flexibility index (Phi) is 2.37. The van der Waals surface area contributed by atoms with Crippen LogP contribution in [0.25, 0.3) is 5.69 Å². The summed E-state index contributed by atoms with van der Waals surface area (Å²) < 4.78 is 1.65. The number of hydrogen-bond donors (Lipinski definition) is 0. The molecule has 1 aromatic carbocycles. The highest BCUT2D eigenvalue weighted by Crippen LogP contribution is 2.11. The Hall–Kier alpha value is -1.90. The molecule has 76 valence electrons. The minimum absolute atomic E-state index is 0.0214. The number of Topliss-reactive ketones (excluding diaryl/α,β-unsaturated/α-hetero) is 1. The Morgan fingerprint density at radius 1 is 1.20 bits per heavy atom. The Bertz CT molecular complexity index is 483. The number of nitrogens with zero attached hydrogens (tertiary/aromatic N) is 2. The summed E-state index contributed by atoms with van der Waals surface area (Å²) in [6.45, 7) is 3.57. The van der Waals surface area contributed by atoms with Crippen LogP contribution in [-0.2, 0) is 0 Å². The molecule has 1 heterocycles. The Balaban J connectivity index is 2.49. The lowest BCUT2D eigenvalue weighted by Gasteiger charge is -2.04. The lowest BCUT2D eigenvalue weighted by atomic mass is 10.2. The van der Waals surface area contributed by atoms with E-state index in [9.17, 15) is 4.79 Å². The van der Waals surface area contributed by atoms with E-state index in [-0.39, 0.29) is 5.78 Å². The number of rotatable bonds is 2. The van der Waals surface area contributed by atoms with Crippen LogP contribution >= 0.6 is 0 Å². The molecule has 0 atom stereocenters. The minimum Gasteiger partial charge on any atom is -0.293 e. The summed E-state index contributed by atoms with van der Waals surface area (Å²) in [4.78, 5) is 11.3. The summed E-state index contributed by atoms with van der Waals surface area (Å²) in [5, 5.41) is 4.13. The van der Waals surface area contributed by atoms with Crippen molar-refractivity contribution in [3.05, 3.63) is 47.8 Å². The van der Waals surface area contributed by atoms with Gasteiger partial charge in [0.05, 0.1) is 11.9 Å². The molecule has 0 spiro atoms. The molecule has 0 saturated heterocycles. The van der Waals surface area contributed by atoms with Gasteiger partial charge in [0, 0.05) is 6.92 Å². The highest BCUT2D eigenvalue weighted by atomic mass is 16.1. The molecule has 1 aromatic heterocycles. The Labute approximate surface area is 88.4 Å². The van der Waals surface area contributed by atoms with E-state index in [1.54, 1.807) is 23.9 Å². The molecule has 3 nitrogen and oxygen atoms in total. The average Bonchev–Trinajstić information content (AvgIpc) is 2.67. The van der Waals surface area contributed by atoms with Crippen LogP contribution in [0, 0.1) is 6.92 Å². The third-order valence-corrected chi connectivity index (χ3v) is 2.28. The predicted octanol–water partition coefficient (Wildman–Crippen LogP) is 2.38. The molecule has 0 aliphatic carbocycles. The molecule has 0 unspecified atom stereocenters. The molecular formula is C12H12N2O. The first-order valence-electron chi connectivity index (χ1n) is 4.80. The molecule has 0 saturated carbocycles. The van der Waals surface area contributed by atoms with Crippen molar-refractivity contribution in [3.8, 4) is 5.69 Å². The van der Waals surface area contributed by atoms with Crippen LogP contribution in [0.5, 0.6) is 0 Å². The second-order valence-electron chi connectivity index (χ2n) is 3.52. The molecule has 0 aliphatic rings. The van der Waals surface area contributed by atoms with Crippen LogP contribution in [0.4, 0.5) is 0 Å². The van der Waals surface area contributed by atoms with E-state index in [1.165, 1.54) is 5.56 Å². The smallest absolute Gasteiger partial charge is 0.178 e. The van der Waals surface area contributed by atoms with Gasteiger partial charge in [0.1, 0.15) is 5.69 Å². The zero-order valence-corrected chi connectivity index (χ0v) is 8.77. The van der Waals surface area contributed by atoms with E-state index < -0.39 is 0 Å². The lowest BCUT2D eigenvalue weighted by molar-refractivity contribution is 0.101. The van der Waals surface area contributed by atoms with Crippen LogP contribution in [0.1, 0.15) is 23.0 Å². The minimum atomic E-state index is 0.0214. The van der Waals surface area contributed by atoms with Gasteiger partial charge >= 0.3 is 0 Å². The van der Waals surface area contributed by atoms with Gasteiger partial charge in [0.15, 0.2) is 5.78 Å². The largest absolute Gasteiger partial charge is 0.293 e. The monoisotopic (exact) mass is 200 g/mol. The third-order valence-electron chi connectivity index (χ3n) is 2.28. The molecule has 0 fully saturated rings. The summed E-state index contributed by atoms with van der Waals surface area (Å²) in [5.74, 6) is 0.0214. The van der Waals surface area contributed by atoms with Gasteiger partial charge in [-0.15, -0.1) is 0 Å². The summed E-state index contributed by atoms with van der Waals surface area (Å²) in [6.07, 6.45) is 1.64. The van der Waals surface area contributed by atoms with Crippen LogP contribution in [0.3, 0.4) is 0 Å². The van der Waals surface area contributed by atoms with Gasteiger partial charge in [-0.2, -0.15) is 5.10 Å². The summed E-state index contributed by atoms with van der Waals surface area (Å²) >= 11 is 0. The molecule has 2 aromatic rings. The lowest BCUT2D eigenvalue weighted by Crippen LogP contribution is -2.05. The van der Waals surface area contributed by atoms with Crippen molar-refractivity contribution in [1.82, 2.24) is 9.78 Å². The van der Waals surface area contributed by atoms with Crippen LogP contribution in [-0.4, -0.2) is 15.6 Å². The Morgan fingerprint density at radius 2 is 1.87 bits per heavy atom. The van der Waals surface area contributed by atoms with E-state index >= 15 is 0 Å². The number of benzene rings is 1. The second kappa shape index (κ2) is 3.69. The quantitative estimate of drug-likeness (QED) is 0.697. The SMILES string of the molecule is CC(=O)c1ccnn1-c1ccc(C)cc1. The molecule has 0 radical (unpaired) electrons. The third kappa shape index (κ3) is 1.81. The number of carbonyl (C=O) groups excluding carboxylic acids is 1. The maximum Gasteiger partial charge on any atom is 0.178 e. The van der Waals surface area contributed by atoms with Gasteiger partial charge in [-0.25, -0.2) is 4.68 Å². The number of aromatic nitrogens is 2. The number of ketones is 1. The molecule has 0 N–H and O–H groups in total. The molecule has 3 heteroatoms. The predicted molar refractivity (Wildman–Crippen MR) is 58.3 cm³/mol. The number of hydrogen-bond acceptors (Lipinski definition) is 2. The second-order valence-corrected chi connectivity index (χ2v) is 3.52. The van der Waals surface area contributed by atoms with Crippen molar-refractivity contribution in [3.63, 3.8) is 0 Å². The first-order chi connectivity index (χ1) is 7.18. The Morgan fingerprint density at radius 3 is 2.47 bits per heavy atom. The number of aryl methyl sites for hydroxylation is 1. The fourth-order valence-corrected chi connectivity index (χ4v) is 1.46. The van der Waals surface area contributed by atoms with Crippen LogP contribution in [0.15, 0.2) is 36.5 Å². The van der Waals surface area contributed by atoms with E-state index in [0.717, 1.165) is 5.69 Å². The van der Waals surface area contributed by atoms with Crippen molar-refractivity contribution in [2.45, 2.75) is 13.8 Å². The van der Waals surface area contributed by atoms with Crippen LogP contribution in [0.2, 0.25) is 0 Å². The molecule has 0 aliphatic heterocycles. The summed E-state index contributed by atoms with van der Waals surface area (Å²) in [5.41, 5.74) is 2.71. The van der Waals surface area contributed by atoms with E-state index in [0.29, 0.717) is 5.69 Å². The van der Waals surface area contributed by atoms with Crippen molar-refractivity contribution in [2.24, 2.45) is 0 Å². The van der Waals surface area contributed by atoms with Crippen molar-refractivity contribution < 1.29 is 4.79 Å². The van der Waals surface area contributed by atoms with Crippen LogP contribution < -0.4 is 0 Å². The standard InChI is InChI=1S/C12H12N2O/c1-9-3-5-11(6-4-9)14-12(10(2)15)7-8-13-14/h3-8H,1-2H3.